The lowest BCUT2D eigenvalue weighted by Crippen LogP contribution is -2.44. The van der Waals surface area contributed by atoms with Crippen molar-refractivity contribution >= 4 is 5.91 Å². The summed E-state index contributed by atoms with van der Waals surface area (Å²) in [6.07, 6.45) is 4.19. The van der Waals surface area contributed by atoms with E-state index in [2.05, 4.69) is 11.8 Å². The number of nitrogens with two attached hydrogens (primary N) is 1. The maximum Gasteiger partial charge on any atom is 0.248 e. The zero-order valence-electron chi connectivity index (χ0n) is 13.3. The third-order valence-electron chi connectivity index (χ3n) is 5.65. The monoisotopic (exact) mass is 302 g/mol. The summed E-state index contributed by atoms with van der Waals surface area (Å²) in [5, 5.41) is 10.9. The van der Waals surface area contributed by atoms with Gasteiger partial charge in [0, 0.05) is 31.1 Å². The molecule has 4 nitrogen and oxygen atoms in total. The molecule has 0 radical (unpaired) electrons. The van der Waals surface area contributed by atoms with Crippen LogP contribution >= 0.6 is 0 Å². The standard InChI is InChI=1S/C18H26N2O2/c1-2-18(22)9-3-4-15-11-20(12-16(15)18)10-13-5-7-14(8-6-13)17(19)21/h5-8,15-16,22H,2-4,9-12H2,1H3,(H2,19,21)/t15-,16+,18-/m1/s1. The molecule has 1 aliphatic heterocycles. The number of fused-ring (bicyclic) bond motifs is 1. The first kappa shape index (κ1) is 15.5. The molecule has 1 aliphatic carbocycles. The number of amides is 1. The summed E-state index contributed by atoms with van der Waals surface area (Å²) in [6.45, 7) is 5.04. The van der Waals surface area contributed by atoms with Crippen molar-refractivity contribution in [1.82, 2.24) is 4.90 Å². The second-order valence-corrected chi connectivity index (χ2v) is 6.97. The lowest BCUT2D eigenvalue weighted by atomic mass is 9.69. The average Bonchev–Trinajstić information content (AvgIpc) is 2.92. The molecule has 22 heavy (non-hydrogen) atoms. The Balaban J connectivity index is 1.66. The van der Waals surface area contributed by atoms with E-state index in [4.69, 9.17) is 5.73 Å². The Kier molecular flexibility index (Phi) is 4.24. The van der Waals surface area contributed by atoms with E-state index in [0.717, 1.165) is 38.9 Å². The first-order valence-corrected chi connectivity index (χ1v) is 8.35. The van der Waals surface area contributed by atoms with E-state index >= 15 is 0 Å². The van der Waals surface area contributed by atoms with Crippen LogP contribution in [0.25, 0.3) is 0 Å². The normalized spacial score (nSPS) is 31.9. The molecule has 3 rings (SSSR count). The van der Waals surface area contributed by atoms with E-state index in [-0.39, 0.29) is 5.91 Å². The SMILES string of the molecule is CC[C@@]1(O)CCC[C@@H]2CN(Cc3ccc(C(N)=O)cc3)C[C@@H]21. The van der Waals surface area contributed by atoms with Crippen LogP contribution in [-0.2, 0) is 6.54 Å². The molecule has 0 bridgehead atoms. The summed E-state index contributed by atoms with van der Waals surface area (Å²) < 4.78 is 0. The van der Waals surface area contributed by atoms with Gasteiger partial charge in [-0.2, -0.15) is 0 Å². The minimum absolute atomic E-state index is 0.383. The van der Waals surface area contributed by atoms with Gasteiger partial charge in [0.2, 0.25) is 5.91 Å². The minimum atomic E-state index is -0.465. The quantitative estimate of drug-likeness (QED) is 0.895. The lowest BCUT2D eigenvalue weighted by molar-refractivity contribution is -0.0613. The molecule has 4 heteroatoms. The fraction of sp³-hybridized carbons (Fsp3) is 0.611. The van der Waals surface area contributed by atoms with Crippen LogP contribution in [-0.4, -0.2) is 34.6 Å². The second kappa shape index (κ2) is 6.01. The molecule has 120 valence electrons. The molecule has 1 saturated heterocycles. The van der Waals surface area contributed by atoms with Crippen LogP contribution in [0.2, 0.25) is 0 Å². The van der Waals surface area contributed by atoms with Crippen molar-refractivity contribution in [2.45, 2.75) is 44.8 Å². The predicted molar refractivity (Wildman–Crippen MR) is 86.3 cm³/mol. The largest absolute Gasteiger partial charge is 0.390 e. The molecule has 1 aromatic rings. The van der Waals surface area contributed by atoms with E-state index in [0.29, 0.717) is 17.4 Å². The molecule has 3 atom stereocenters. The number of aliphatic hydroxyl groups is 1. The molecule has 0 spiro atoms. The van der Waals surface area contributed by atoms with Gasteiger partial charge in [0.25, 0.3) is 0 Å². The Morgan fingerprint density at radius 3 is 2.73 bits per heavy atom. The topological polar surface area (TPSA) is 66.6 Å². The molecule has 0 unspecified atom stereocenters. The Bertz CT molecular complexity index is 543. The van der Waals surface area contributed by atoms with Crippen LogP contribution in [0.3, 0.4) is 0 Å². The van der Waals surface area contributed by atoms with Crippen molar-refractivity contribution < 1.29 is 9.90 Å². The number of likely N-dealkylation sites (tertiary alicyclic amines) is 1. The van der Waals surface area contributed by atoms with Gasteiger partial charge < -0.3 is 10.8 Å². The van der Waals surface area contributed by atoms with E-state index in [1.807, 2.05) is 12.1 Å². The van der Waals surface area contributed by atoms with Gasteiger partial charge in [-0.3, -0.25) is 9.69 Å². The van der Waals surface area contributed by atoms with Gasteiger partial charge >= 0.3 is 0 Å². The van der Waals surface area contributed by atoms with E-state index in [1.54, 1.807) is 12.1 Å². The molecule has 3 N–H and O–H groups in total. The summed E-state index contributed by atoms with van der Waals surface area (Å²) in [6, 6.07) is 7.55. The molecule has 0 aromatic heterocycles. The van der Waals surface area contributed by atoms with Crippen molar-refractivity contribution in [1.29, 1.82) is 0 Å². The van der Waals surface area contributed by atoms with Gasteiger partial charge in [-0.25, -0.2) is 0 Å². The lowest BCUT2D eigenvalue weighted by Gasteiger charge is -2.40. The molecular weight excluding hydrogens is 276 g/mol. The first-order chi connectivity index (χ1) is 10.5. The number of benzene rings is 1. The maximum atomic E-state index is 11.1. The molecule has 1 heterocycles. The molecule has 2 fully saturated rings. The zero-order chi connectivity index (χ0) is 15.7. The van der Waals surface area contributed by atoms with Gasteiger partial charge in [-0.1, -0.05) is 25.5 Å². The highest BCUT2D eigenvalue weighted by atomic mass is 16.3. The number of hydrogen-bond acceptors (Lipinski definition) is 3. The smallest absolute Gasteiger partial charge is 0.248 e. The number of primary amides is 1. The molecule has 2 aliphatic rings. The number of nitrogens with zero attached hydrogens (tertiary/aromatic N) is 1. The van der Waals surface area contributed by atoms with Crippen molar-refractivity contribution in [3.8, 4) is 0 Å². The van der Waals surface area contributed by atoms with Gasteiger partial charge in [0.05, 0.1) is 5.60 Å². The van der Waals surface area contributed by atoms with Gasteiger partial charge in [0.15, 0.2) is 0 Å². The van der Waals surface area contributed by atoms with Crippen LogP contribution in [0.5, 0.6) is 0 Å². The van der Waals surface area contributed by atoms with Crippen LogP contribution in [0, 0.1) is 11.8 Å². The van der Waals surface area contributed by atoms with Crippen molar-refractivity contribution in [2.24, 2.45) is 17.6 Å². The van der Waals surface area contributed by atoms with Gasteiger partial charge in [-0.05, 0) is 42.9 Å². The highest BCUT2D eigenvalue weighted by molar-refractivity contribution is 5.92. The maximum absolute atomic E-state index is 11.1. The predicted octanol–water partition coefficient (Wildman–Crippen LogP) is 2.16. The molecule has 1 amide bonds. The molecular formula is C18H26N2O2. The van der Waals surface area contributed by atoms with Crippen molar-refractivity contribution in [3.05, 3.63) is 35.4 Å². The summed E-state index contributed by atoms with van der Waals surface area (Å²) >= 11 is 0. The Labute approximate surface area is 132 Å². The average molecular weight is 302 g/mol. The third kappa shape index (κ3) is 2.90. The molecule has 1 aromatic carbocycles. The fourth-order valence-corrected chi connectivity index (χ4v) is 4.32. The first-order valence-electron chi connectivity index (χ1n) is 8.35. The van der Waals surface area contributed by atoms with Crippen LogP contribution in [0.1, 0.15) is 48.5 Å². The fourth-order valence-electron chi connectivity index (χ4n) is 4.32. The van der Waals surface area contributed by atoms with Gasteiger partial charge in [0.1, 0.15) is 0 Å². The zero-order valence-corrected chi connectivity index (χ0v) is 13.3. The van der Waals surface area contributed by atoms with Crippen molar-refractivity contribution in [3.63, 3.8) is 0 Å². The third-order valence-corrected chi connectivity index (χ3v) is 5.65. The summed E-state index contributed by atoms with van der Waals surface area (Å²) in [5.41, 5.74) is 6.56. The van der Waals surface area contributed by atoms with Crippen LogP contribution in [0.4, 0.5) is 0 Å². The molecule has 1 saturated carbocycles. The summed E-state index contributed by atoms with van der Waals surface area (Å²) in [5.74, 6) is 0.659. The highest BCUT2D eigenvalue weighted by Crippen LogP contribution is 2.44. The Morgan fingerprint density at radius 2 is 2.09 bits per heavy atom. The summed E-state index contributed by atoms with van der Waals surface area (Å²) in [7, 11) is 0. The number of rotatable bonds is 4. The Hall–Kier alpha value is -1.39. The minimum Gasteiger partial charge on any atom is -0.390 e. The van der Waals surface area contributed by atoms with Crippen molar-refractivity contribution in [2.75, 3.05) is 13.1 Å². The van der Waals surface area contributed by atoms with Crippen LogP contribution < -0.4 is 5.73 Å². The number of hydrogen-bond donors (Lipinski definition) is 2. The van der Waals surface area contributed by atoms with E-state index in [9.17, 15) is 9.90 Å². The number of carbonyl (C=O) groups excluding carboxylic acids is 1. The second-order valence-electron chi connectivity index (χ2n) is 6.97. The summed E-state index contributed by atoms with van der Waals surface area (Å²) in [4.78, 5) is 13.6. The van der Waals surface area contributed by atoms with Gasteiger partial charge in [-0.15, -0.1) is 0 Å². The van der Waals surface area contributed by atoms with E-state index < -0.39 is 5.60 Å². The Morgan fingerprint density at radius 1 is 1.36 bits per heavy atom. The number of carbonyl (C=O) groups is 1. The highest BCUT2D eigenvalue weighted by Gasteiger charge is 2.47. The van der Waals surface area contributed by atoms with E-state index in [1.165, 1.54) is 12.0 Å². The van der Waals surface area contributed by atoms with Crippen LogP contribution in [0.15, 0.2) is 24.3 Å².